The standard InChI is InChI=1S/C17H9Cl2FN4O2S/c18-9-1-3-11(19)14(7-9)26-13-4-2-10(8-12(13)20)22-16-23-24-15(25)5-6-21-17(24)27-16/h1-8H,(H,22,23). The molecule has 0 amide bonds. The Morgan fingerprint density at radius 2 is 1.96 bits per heavy atom. The predicted octanol–water partition coefficient (Wildman–Crippen LogP) is 5.13. The molecule has 0 saturated carbocycles. The highest BCUT2D eigenvalue weighted by molar-refractivity contribution is 7.20. The average molecular weight is 423 g/mol. The van der Waals surface area contributed by atoms with Crippen molar-refractivity contribution in [3.8, 4) is 11.5 Å². The van der Waals surface area contributed by atoms with Gasteiger partial charge in [0.2, 0.25) is 10.1 Å². The number of nitrogens with one attached hydrogen (secondary N) is 1. The fourth-order valence-electron chi connectivity index (χ4n) is 2.25. The molecule has 0 bridgehead atoms. The zero-order valence-electron chi connectivity index (χ0n) is 13.3. The smallest absolute Gasteiger partial charge is 0.275 e. The molecule has 0 saturated heterocycles. The third-order valence-electron chi connectivity index (χ3n) is 3.47. The van der Waals surface area contributed by atoms with Gasteiger partial charge in [0.05, 0.1) is 5.02 Å². The number of aromatic nitrogens is 3. The Labute approximate surface area is 165 Å². The van der Waals surface area contributed by atoms with Crippen LogP contribution in [0, 0.1) is 5.82 Å². The Morgan fingerprint density at radius 3 is 2.74 bits per heavy atom. The lowest BCUT2D eigenvalue weighted by Gasteiger charge is -2.10. The van der Waals surface area contributed by atoms with E-state index < -0.39 is 5.82 Å². The van der Waals surface area contributed by atoms with Crippen molar-refractivity contribution >= 4 is 50.3 Å². The number of hydrogen-bond donors (Lipinski definition) is 1. The molecule has 2 heterocycles. The highest BCUT2D eigenvalue weighted by atomic mass is 35.5. The molecular formula is C17H9Cl2FN4O2S. The van der Waals surface area contributed by atoms with Crippen LogP contribution in [0.3, 0.4) is 0 Å². The molecule has 10 heteroatoms. The van der Waals surface area contributed by atoms with E-state index in [1.54, 1.807) is 18.2 Å². The molecule has 0 radical (unpaired) electrons. The predicted molar refractivity (Wildman–Crippen MR) is 103 cm³/mol. The van der Waals surface area contributed by atoms with Crippen molar-refractivity contribution in [2.24, 2.45) is 0 Å². The molecule has 2 aromatic heterocycles. The lowest BCUT2D eigenvalue weighted by atomic mass is 10.3. The van der Waals surface area contributed by atoms with Gasteiger partial charge in [0.15, 0.2) is 11.6 Å². The molecule has 0 aliphatic heterocycles. The maximum absolute atomic E-state index is 14.4. The van der Waals surface area contributed by atoms with E-state index >= 15 is 0 Å². The number of ether oxygens (including phenoxy) is 1. The Bertz CT molecular complexity index is 1210. The van der Waals surface area contributed by atoms with Crippen LogP contribution in [0.5, 0.6) is 11.5 Å². The van der Waals surface area contributed by atoms with Crippen molar-refractivity contribution in [1.29, 1.82) is 0 Å². The van der Waals surface area contributed by atoms with Crippen LogP contribution in [-0.4, -0.2) is 14.6 Å². The van der Waals surface area contributed by atoms with Crippen molar-refractivity contribution in [2.75, 3.05) is 5.32 Å². The van der Waals surface area contributed by atoms with Crippen LogP contribution in [-0.2, 0) is 0 Å². The van der Waals surface area contributed by atoms with Gasteiger partial charge >= 0.3 is 0 Å². The van der Waals surface area contributed by atoms with Crippen LogP contribution in [0.15, 0.2) is 53.5 Å². The maximum atomic E-state index is 14.4. The Balaban J connectivity index is 1.58. The molecule has 0 atom stereocenters. The summed E-state index contributed by atoms with van der Waals surface area (Å²) in [5, 5.41) is 8.19. The van der Waals surface area contributed by atoms with E-state index in [1.165, 1.54) is 46.3 Å². The number of fused-ring (bicyclic) bond motifs is 1. The van der Waals surface area contributed by atoms with E-state index in [-0.39, 0.29) is 17.1 Å². The van der Waals surface area contributed by atoms with Crippen LogP contribution in [0.2, 0.25) is 10.0 Å². The van der Waals surface area contributed by atoms with E-state index in [4.69, 9.17) is 27.9 Å². The first-order chi connectivity index (χ1) is 13.0. The molecule has 0 unspecified atom stereocenters. The summed E-state index contributed by atoms with van der Waals surface area (Å²) >= 11 is 13.1. The van der Waals surface area contributed by atoms with Crippen LogP contribution < -0.4 is 15.6 Å². The zero-order chi connectivity index (χ0) is 19.0. The molecule has 1 N–H and O–H groups in total. The Morgan fingerprint density at radius 1 is 1.11 bits per heavy atom. The van der Waals surface area contributed by atoms with Gasteiger partial charge in [0.25, 0.3) is 5.56 Å². The van der Waals surface area contributed by atoms with Crippen LogP contribution in [0.25, 0.3) is 4.96 Å². The molecule has 4 aromatic rings. The van der Waals surface area contributed by atoms with Gasteiger partial charge in [-0.05, 0) is 24.3 Å². The van der Waals surface area contributed by atoms with Crippen LogP contribution in [0.4, 0.5) is 15.2 Å². The third kappa shape index (κ3) is 3.73. The van der Waals surface area contributed by atoms with Gasteiger partial charge in [-0.25, -0.2) is 9.37 Å². The van der Waals surface area contributed by atoms with E-state index in [2.05, 4.69) is 15.4 Å². The van der Waals surface area contributed by atoms with Gasteiger partial charge in [0, 0.05) is 35.1 Å². The van der Waals surface area contributed by atoms with Crippen molar-refractivity contribution in [1.82, 2.24) is 14.6 Å². The molecule has 27 heavy (non-hydrogen) atoms. The van der Waals surface area contributed by atoms with E-state index in [9.17, 15) is 9.18 Å². The molecule has 0 fully saturated rings. The topological polar surface area (TPSA) is 68.5 Å². The monoisotopic (exact) mass is 422 g/mol. The van der Waals surface area contributed by atoms with Crippen molar-refractivity contribution in [2.45, 2.75) is 0 Å². The average Bonchev–Trinajstić information content (AvgIpc) is 3.04. The summed E-state index contributed by atoms with van der Waals surface area (Å²) in [6, 6.07) is 10.3. The lowest BCUT2D eigenvalue weighted by Crippen LogP contribution is -2.12. The highest BCUT2D eigenvalue weighted by Gasteiger charge is 2.11. The molecule has 2 aromatic carbocycles. The summed E-state index contributed by atoms with van der Waals surface area (Å²) in [4.78, 5) is 16.2. The molecule has 6 nitrogen and oxygen atoms in total. The minimum atomic E-state index is -0.604. The van der Waals surface area contributed by atoms with Gasteiger partial charge in [0.1, 0.15) is 5.75 Å². The first kappa shape index (κ1) is 17.7. The van der Waals surface area contributed by atoms with Gasteiger partial charge in [-0.2, -0.15) is 4.52 Å². The first-order valence-corrected chi connectivity index (χ1v) is 9.11. The summed E-state index contributed by atoms with van der Waals surface area (Å²) in [5.41, 5.74) is 0.141. The number of benzene rings is 2. The Kier molecular flexibility index (Phi) is 4.69. The quantitative estimate of drug-likeness (QED) is 0.493. The van der Waals surface area contributed by atoms with Crippen LogP contribution >= 0.6 is 34.5 Å². The van der Waals surface area contributed by atoms with Gasteiger partial charge in [-0.1, -0.05) is 34.5 Å². The molecule has 0 aliphatic rings. The number of hydrogen-bond acceptors (Lipinski definition) is 6. The third-order valence-corrected chi connectivity index (χ3v) is 4.85. The first-order valence-electron chi connectivity index (χ1n) is 7.54. The summed E-state index contributed by atoms with van der Waals surface area (Å²) in [5.74, 6) is -0.361. The van der Waals surface area contributed by atoms with Crippen molar-refractivity contribution < 1.29 is 9.13 Å². The summed E-state index contributed by atoms with van der Waals surface area (Å²) < 4.78 is 21.1. The number of anilines is 2. The lowest BCUT2D eigenvalue weighted by molar-refractivity contribution is 0.443. The Hall–Kier alpha value is -2.68. The number of rotatable bonds is 4. The van der Waals surface area contributed by atoms with E-state index in [0.29, 0.717) is 25.8 Å². The highest BCUT2D eigenvalue weighted by Crippen LogP contribution is 2.34. The minimum absolute atomic E-state index is 0.00750. The number of halogens is 3. The SMILES string of the molecule is O=c1ccnc2sc(Nc3ccc(Oc4cc(Cl)ccc4Cl)c(F)c3)nn12. The van der Waals surface area contributed by atoms with E-state index in [0.717, 1.165) is 0 Å². The van der Waals surface area contributed by atoms with E-state index in [1.807, 2.05) is 0 Å². The van der Waals surface area contributed by atoms with Crippen LogP contribution in [0.1, 0.15) is 0 Å². The zero-order valence-corrected chi connectivity index (χ0v) is 15.6. The fraction of sp³-hybridized carbons (Fsp3) is 0. The second-order valence-corrected chi connectivity index (χ2v) is 7.13. The summed E-state index contributed by atoms with van der Waals surface area (Å²) in [6.45, 7) is 0. The molecule has 136 valence electrons. The molecule has 0 aliphatic carbocycles. The van der Waals surface area contributed by atoms with Gasteiger partial charge in [-0.15, -0.1) is 5.10 Å². The molecule has 4 rings (SSSR count). The summed E-state index contributed by atoms with van der Waals surface area (Å²) in [6.07, 6.45) is 1.41. The normalized spacial score (nSPS) is 10.9. The van der Waals surface area contributed by atoms with Gasteiger partial charge in [-0.3, -0.25) is 4.79 Å². The maximum Gasteiger partial charge on any atom is 0.275 e. The molecular weight excluding hydrogens is 414 g/mol. The minimum Gasteiger partial charge on any atom is -0.453 e. The van der Waals surface area contributed by atoms with Crippen molar-refractivity contribution in [3.05, 3.63) is 74.9 Å². The number of nitrogens with zero attached hydrogens (tertiary/aromatic N) is 3. The molecule has 0 spiro atoms. The summed E-state index contributed by atoms with van der Waals surface area (Å²) in [7, 11) is 0. The second kappa shape index (κ2) is 7.15. The fourth-order valence-corrected chi connectivity index (χ4v) is 3.37. The largest absolute Gasteiger partial charge is 0.453 e. The van der Waals surface area contributed by atoms with Gasteiger partial charge < -0.3 is 10.1 Å². The van der Waals surface area contributed by atoms with Crippen molar-refractivity contribution in [3.63, 3.8) is 0 Å². The second-order valence-electron chi connectivity index (χ2n) is 5.33.